The quantitative estimate of drug-likeness (QED) is 0.122. The summed E-state index contributed by atoms with van der Waals surface area (Å²) in [5, 5.41) is 61.5. The normalized spacial score (nSPS) is 21.8. The molecule has 280 valence electrons. The number of hydrogen-bond donors (Lipinski definition) is 6. The second-order valence-electron chi connectivity index (χ2n) is 14.6. The number of aromatic hydroxyl groups is 2. The number of ether oxygens (including phenoxy) is 1. The molecule has 1 aliphatic heterocycles. The number of anilines is 2. The molecule has 1 aliphatic carbocycles. The molecule has 5 atom stereocenters. The minimum Gasteiger partial charge on any atom is -0.508 e. The molecular formula is C36H45N11O6. The smallest absolute Gasteiger partial charge is 0.407 e. The van der Waals surface area contributed by atoms with E-state index >= 15 is 0 Å². The lowest BCUT2D eigenvalue weighted by Gasteiger charge is -2.23. The van der Waals surface area contributed by atoms with Crippen molar-refractivity contribution < 1.29 is 30.0 Å². The third-order valence-electron chi connectivity index (χ3n) is 9.73. The fraction of sp³-hybridized carbons (Fsp3) is 0.472. The highest BCUT2D eigenvalue weighted by molar-refractivity contribution is 5.84. The number of rotatable bonds is 10. The first-order valence-electron chi connectivity index (χ1n) is 17.8. The fourth-order valence-corrected chi connectivity index (χ4v) is 7.01. The van der Waals surface area contributed by atoms with Crippen LogP contribution < -0.4 is 15.5 Å². The number of hydrogen-bond acceptors (Lipinski definition) is 14. The average molecular weight is 728 g/mol. The molecule has 0 spiro atoms. The Morgan fingerprint density at radius 3 is 2.26 bits per heavy atom. The van der Waals surface area contributed by atoms with Gasteiger partial charge in [0.25, 0.3) is 0 Å². The van der Waals surface area contributed by atoms with Crippen molar-refractivity contribution in [2.45, 2.75) is 88.8 Å². The van der Waals surface area contributed by atoms with Crippen molar-refractivity contribution in [3.05, 3.63) is 71.8 Å². The van der Waals surface area contributed by atoms with E-state index in [9.17, 15) is 25.2 Å². The largest absolute Gasteiger partial charge is 0.508 e. The number of fused-ring (bicyclic) bond motifs is 1. The lowest BCUT2D eigenvalue weighted by atomic mass is 9.91. The van der Waals surface area contributed by atoms with Crippen molar-refractivity contribution in [1.82, 2.24) is 45.0 Å². The van der Waals surface area contributed by atoms with Crippen molar-refractivity contribution >= 4 is 29.0 Å². The monoisotopic (exact) mass is 727 g/mol. The predicted octanol–water partition coefficient (Wildman–Crippen LogP) is 3.04. The molecule has 2 aromatic carbocycles. The number of nitrogens with zero attached hydrogens (tertiary/aromatic N) is 9. The molecule has 53 heavy (non-hydrogen) atoms. The first-order valence-corrected chi connectivity index (χ1v) is 17.8. The Labute approximate surface area is 305 Å². The maximum atomic E-state index is 12.6. The average Bonchev–Trinajstić information content (AvgIpc) is 3.93. The van der Waals surface area contributed by atoms with Crippen LogP contribution in [0.4, 0.5) is 16.6 Å². The van der Waals surface area contributed by atoms with Gasteiger partial charge < -0.3 is 45.3 Å². The summed E-state index contributed by atoms with van der Waals surface area (Å²) in [5.74, 6) is 1.48. The van der Waals surface area contributed by atoms with Gasteiger partial charge in [-0.15, -0.1) is 10.2 Å². The highest BCUT2D eigenvalue weighted by Gasteiger charge is 2.45. The number of nitrogens with one attached hydrogen (secondary N) is 2. The second-order valence-corrected chi connectivity index (χ2v) is 14.6. The van der Waals surface area contributed by atoms with Gasteiger partial charge in [0.15, 0.2) is 22.8 Å². The Morgan fingerprint density at radius 1 is 0.981 bits per heavy atom. The number of carbonyl (C=O) groups is 1. The molecule has 1 saturated carbocycles. The van der Waals surface area contributed by atoms with E-state index in [-0.39, 0.29) is 23.5 Å². The molecule has 1 amide bonds. The van der Waals surface area contributed by atoms with Crippen LogP contribution in [0.25, 0.3) is 11.2 Å². The van der Waals surface area contributed by atoms with Crippen LogP contribution in [0, 0.1) is 0 Å². The van der Waals surface area contributed by atoms with E-state index in [4.69, 9.17) is 19.7 Å². The SMILES string of the molecule is CCc1nnn([C@H]2C[C@@H](n3cnc4c(NCC(c5ccc(O)cc5)c5ccc(O)cc5)nc(N5CCC(NC(=O)OC(C)(C)C)C5)nc43)[C@H](O)[C@@H]2O)n1. The maximum absolute atomic E-state index is 12.6. The topological polar surface area (TPSA) is 222 Å². The number of aromatic nitrogens is 8. The van der Waals surface area contributed by atoms with Gasteiger partial charge in [-0.05, 0) is 74.2 Å². The molecule has 0 bridgehead atoms. The predicted molar refractivity (Wildman–Crippen MR) is 194 cm³/mol. The van der Waals surface area contributed by atoms with Crippen LogP contribution in [-0.2, 0) is 11.2 Å². The second kappa shape index (κ2) is 14.5. The summed E-state index contributed by atoms with van der Waals surface area (Å²) >= 11 is 0. The van der Waals surface area contributed by atoms with Crippen LogP contribution >= 0.6 is 0 Å². The van der Waals surface area contributed by atoms with Crippen molar-refractivity contribution in [2.24, 2.45) is 0 Å². The standard InChI is InChI=1S/C36H45N11O6/c1-5-28-42-44-47(43-28)27-16-26(30(50)31(27)51)46-19-38-29-32(37-17-25(20-6-10-23(48)11-7-20)21-8-12-24(49)13-9-21)40-34(41-33(29)46)45-15-14-22(18-45)39-35(52)53-36(2,3)4/h6-13,19,22,25-27,30-31,48-51H,5,14-18H2,1-4H3,(H,39,52)(H,37,40,41)/t22?,26-,27+,30+,31-/m1/s1. The first-order chi connectivity index (χ1) is 25.4. The minimum atomic E-state index is -1.18. The first kappa shape index (κ1) is 35.8. The van der Waals surface area contributed by atoms with Crippen molar-refractivity contribution in [1.29, 1.82) is 0 Å². The van der Waals surface area contributed by atoms with Gasteiger partial charge in [-0.2, -0.15) is 14.8 Å². The Kier molecular flexibility index (Phi) is 9.78. The lowest BCUT2D eigenvalue weighted by Crippen LogP contribution is -2.40. The number of amides is 1. The van der Waals surface area contributed by atoms with E-state index in [2.05, 4.69) is 26.0 Å². The van der Waals surface area contributed by atoms with Gasteiger partial charge in [-0.25, -0.2) is 9.78 Å². The Balaban J connectivity index is 1.23. The molecule has 17 heteroatoms. The summed E-state index contributed by atoms with van der Waals surface area (Å²) in [7, 11) is 0. The number of aliphatic hydroxyl groups is 2. The summed E-state index contributed by atoms with van der Waals surface area (Å²) < 4.78 is 7.24. The Bertz CT molecular complexity index is 2000. The van der Waals surface area contributed by atoms with E-state index in [0.29, 0.717) is 67.7 Å². The Hall–Kier alpha value is -5.55. The zero-order chi connectivity index (χ0) is 37.4. The zero-order valence-corrected chi connectivity index (χ0v) is 30.0. The third-order valence-corrected chi connectivity index (χ3v) is 9.73. The summed E-state index contributed by atoms with van der Waals surface area (Å²) in [6.45, 7) is 8.72. The molecule has 17 nitrogen and oxygen atoms in total. The number of tetrazole rings is 1. The van der Waals surface area contributed by atoms with E-state index in [1.807, 2.05) is 56.9 Å². The van der Waals surface area contributed by atoms with Gasteiger partial charge in [0.2, 0.25) is 5.95 Å². The van der Waals surface area contributed by atoms with Crippen molar-refractivity contribution in [3.63, 3.8) is 0 Å². The summed E-state index contributed by atoms with van der Waals surface area (Å²) in [5.41, 5.74) is 2.13. The number of carbonyl (C=O) groups excluding carboxylic acids is 1. The van der Waals surface area contributed by atoms with Gasteiger partial charge in [-0.1, -0.05) is 31.2 Å². The van der Waals surface area contributed by atoms with Gasteiger partial charge >= 0.3 is 6.09 Å². The maximum Gasteiger partial charge on any atom is 0.407 e. The summed E-state index contributed by atoms with van der Waals surface area (Å²) in [6, 6.07) is 12.5. The number of benzene rings is 2. The van der Waals surface area contributed by atoms with Gasteiger partial charge in [0.05, 0.1) is 18.4 Å². The molecule has 1 saturated heterocycles. The summed E-state index contributed by atoms with van der Waals surface area (Å²) in [6.07, 6.45) is 0.291. The minimum absolute atomic E-state index is 0.149. The molecule has 6 N–H and O–H groups in total. The number of alkyl carbamates (subject to hydrolysis) is 1. The van der Waals surface area contributed by atoms with Crippen LogP contribution in [0.5, 0.6) is 11.5 Å². The number of phenolic OH excluding ortho intramolecular Hbond substituents is 2. The molecular weight excluding hydrogens is 682 g/mol. The number of phenols is 2. The van der Waals surface area contributed by atoms with Gasteiger partial charge in [-0.3, -0.25) is 0 Å². The Morgan fingerprint density at radius 2 is 1.64 bits per heavy atom. The number of imidazole rings is 1. The fourth-order valence-electron chi connectivity index (χ4n) is 7.01. The molecule has 3 aromatic heterocycles. The molecule has 4 heterocycles. The van der Waals surface area contributed by atoms with Crippen molar-refractivity contribution in [2.75, 3.05) is 29.9 Å². The molecule has 1 unspecified atom stereocenters. The number of aryl methyl sites for hydroxylation is 1. The van der Waals surface area contributed by atoms with Gasteiger partial charge in [0, 0.05) is 32.0 Å². The molecule has 2 aliphatic rings. The summed E-state index contributed by atoms with van der Waals surface area (Å²) in [4.78, 5) is 30.6. The van der Waals surface area contributed by atoms with E-state index in [1.54, 1.807) is 35.2 Å². The van der Waals surface area contributed by atoms with E-state index in [1.165, 1.54) is 4.80 Å². The van der Waals surface area contributed by atoms with Crippen LogP contribution in [0.15, 0.2) is 54.9 Å². The highest BCUT2D eigenvalue weighted by atomic mass is 16.6. The van der Waals surface area contributed by atoms with Crippen molar-refractivity contribution in [3.8, 4) is 11.5 Å². The third kappa shape index (κ3) is 7.66. The molecule has 7 rings (SSSR count). The van der Waals surface area contributed by atoms with E-state index < -0.39 is 36.0 Å². The molecule has 5 aromatic rings. The molecule has 0 radical (unpaired) electrons. The van der Waals surface area contributed by atoms with Crippen LogP contribution in [0.2, 0.25) is 0 Å². The van der Waals surface area contributed by atoms with Crippen LogP contribution in [0.1, 0.15) is 75.5 Å². The lowest BCUT2D eigenvalue weighted by molar-refractivity contribution is 0.00473. The highest BCUT2D eigenvalue weighted by Crippen LogP contribution is 2.40. The number of aliphatic hydroxyl groups excluding tert-OH is 2. The van der Waals surface area contributed by atoms with E-state index in [0.717, 1.165) is 11.1 Å². The van der Waals surface area contributed by atoms with Crippen LogP contribution in [-0.4, -0.2) is 110 Å². The molecule has 2 fully saturated rings. The van der Waals surface area contributed by atoms with Gasteiger partial charge in [0.1, 0.15) is 35.3 Å². The van der Waals surface area contributed by atoms with Crippen LogP contribution in [0.3, 0.4) is 0 Å². The zero-order valence-electron chi connectivity index (χ0n) is 30.0.